The zero-order chi connectivity index (χ0) is 21.8. The lowest BCUT2D eigenvalue weighted by molar-refractivity contribution is -0.121. The number of aryl methyl sites for hydroxylation is 2. The maximum absolute atomic E-state index is 13.0. The van der Waals surface area contributed by atoms with Crippen LogP contribution in [-0.4, -0.2) is 45.4 Å². The molecule has 2 aromatic rings. The topological polar surface area (TPSA) is 72.4 Å². The first-order valence-corrected chi connectivity index (χ1v) is 10.8. The van der Waals surface area contributed by atoms with Gasteiger partial charge in [0.15, 0.2) is 0 Å². The fourth-order valence-corrected chi connectivity index (χ4v) is 4.83. The van der Waals surface area contributed by atoms with E-state index in [-0.39, 0.29) is 29.8 Å². The minimum Gasteiger partial charge on any atom is -0.444 e. The van der Waals surface area contributed by atoms with E-state index < -0.39 is 5.60 Å². The average Bonchev–Trinajstić information content (AvgIpc) is 3.14. The fraction of sp³-hybridized carbons (Fsp3) is 0.583. The third kappa shape index (κ3) is 3.92. The summed E-state index contributed by atoms with van der Waals surface area (Å²) >= 11 is 0. The number of carbonyl (C=O) groups is 2. The van der Waals surface area contributed by atoms with Gasteiger partial charge in [-0.1, -0.05) is 25.1 Å². The lowest BCUT2D eigenvalue weighted by atomic mass is 9.94. The number of rotatable bonds is 4. The van der Waals surface area contributed by atoms with Crippen molar-refractivity contribution >= 4 is 22.8 Å². The molecule has 0 bridgehead atoms. The van der Waals surface area contributed by atoms with Gasteiger partial charge < -0.3 is 9.64 Å². The van der Waals surface area contributed by atoms with E-state index in [9.17, 15) is 9.59 Å². The molecule has 4 rings (SSSR count). The second-order valence-corrected chi connectivity index (χ2v) is 9.94. The first kappa shape index (κ1) is 20.8. The van der Waals surface area contributed by atoms with Crippen LogP contribution in [0.3, 0.4) is 0 Å². The number of piperidine rings is 1. The van der Waals surface area contributed by atoms with Gasteiger partial charge >= 0.3 is 6.09 Å². The Morgan fingerprint density at radius 3 is 2.47 bits per heavy atom. The zero-order valence-corrected chi connectivity index (χ0v) is 18.7. The minimum atomic E-state index is -0.495. The molecule has 2 unspecified atom stereocenters. The van der Waals surface area contributed by atoms with Crippen LogP contribution in [0.15, 0.2) is 18.2 Å². The molecular formula is C24H31N3O3. The van der Waals surface area contributed by atoms with Crippen LogP contribution in [0.5, 0.6) is 0 Å². The standard InChI is InChI=1S/C24H31N3O3/c1-13-8-7-9-16-21(13)25-15(3)26-22(16)14(2)10-19(28)20-17-11-27(12-18(17)20)23(29)30-24(4,5)6/h7-9,14,17-18,20H,10-12H2,1-6H3/t14?,17-,18+,20?. The molecule has 1 aromatic carbocycles. The number of hydrogen-bond donors (Lipinski definition) is 0. The van der Waals surface area contributed by atoms with E-state index in [0.717, 1.165) is 28.0 Å². The predicted octanol–water partition coefficient (Wildman–Crippen LogP) is 4.42. The highest BCUT2D eigenvalue weighted by atomic mass is 16.6. The summed E-state index contributed by atoms with van der Waals surface area (Å²) in [5.41, 5.74) is 2.55. The molecule has 30 heavy (non-hydrogen) atoms. The van der Waals surface area contributed by atoms with E-state index in [1.165, 1.54) is 0 Å². The van der Waals surface area contributed by atoms with Crippen molar-refractivity contribution in [1.29, 1.82) is 0 Å². The van der Waals surface area contributed by atoms with Crippen LogP contribution >= 0.6 is 0 Å². The van der Waals surface area contributed by atoms with Crippen molar-refractivity contribution in [3.63, 3.8) is 0 Å². The number of ether oxygens (including phenoxy) is 1. The number of Topliss-reactive ketones (excluding diaryl/α,β-unsaturated/α-hetero) is 1. The first-order chi connectivity index (χ1) is 14.0. The Kier molecular flexibility index (Phi) is 5.07. The number of hydrogen-bond acceptors (Lipinski definition) is 5. The molecule has 2 heterocycles. The molecule has 2 fully saturated rings. The SMILES string of the molecule is Cc1nc(C(C)CC(=O)C2[C@H]3CN(C(=O)OC(C)(C)C)C[C@@H]23)c2cccc(C)c2n1. The van der Waals surface area contributed by atoms with Crippen LogP contribution in [0.1, 0.15) is 57.1 Å². The maximum Gasteiger partial charge on any atom is 0.410 e. The molecule has 1 aliphatic heterocycles. The number of likely N-dealkylation sites (tertiary alicyclic amines) is 1. The highest BCUT2D eigenvalue weighted by Crippen LogP contribution is 2.53. The molecule has 1 amide bonds. The van der Waals surface area contributed by atoms with Crippen molar-refractivity contribution in [2.75, 3.05) is 13.1 Å². The molecule has 0 spiro atoms. The molecule has 0 N–H and O–H groups in total. The molecule has 1 saturated carbocycles. The van der Waals surface area contributed by atoms with E-state index in [1.807, 2.05) is 39.8 Å². The van der Waals surface area contributed by atoms with E-state index in [2.05, 4.69) is 29.9 Å². The summed E-state index contributed by atoms with van der Waals surface area (Å²) < 4.78 is 5.46. The van der Waals surface area contributed by atoms with Crippen molar-refractivity contribution in [3.8, 4) is 0 Å². The third-order valence-corrected chi connectivity index (χ3v) is 6.26. The van der Waals surface area contributed by atoms with Crippen molar-refractivity contribution in [3.05, 3.63) is 35.3 Å². The maximum atomic E-state index is 13.0. The molecule has 1 saturated heterocycles. The average molecular weight is 410 g/mol. The van der Waals surface area contributed by atoms with Gasteiger partial charge in [0, 0.05) is 36.7 Å². The van der Waals surface area contributed by atoms with Crippen molar-refractivity contribution in [2.45, 2.75) is 59.5 Å². The van der Waals surface area contributed by atoms with Gasteiger partial charge in [0.25, 0.3) is 0 Å². The molecule has 1 aliphatic carbocycles. The Hall–Kier alpha value is -2.50. The number of para-hydroxylation sites is 1. The molecule has 6 nitrogen and oxygen atoms in total. The van der Waals surface area contributed by atoms with Gasteiger partial charge in [-0.2, -0.15) is 0 Å². The van der Waals surface area contributed by atoms with Gasteiger partial charge in [-0.05, 0) is 52.0 Å². The van der Waals surface area contributed by atoms with Crippen LogP contribution in [-0.2, 0) is 9.53 Å². The highest BCUT2D eigenvalue weighted by Gasteiger charge is 2.60. The van der Waals surface area contributed by atoms with E-state index in [4.69, 9.17) is 4.74 Å². The van der Waals surface area contributed by atoms with E-state index in [0.29, 0.717) is 25.3 Å². The zero-order valence-electron chi connectivity index (χ0n) is 18.7. The van der Waals surface area contributed by atoms with Crippen LogP contribution in [0.25, 0.3) is 10.9 Å². The summed E-state index contributed by atoms with van der Waals surface area (Å²) in [6, 6.07) is 6.11. The quantitative estimate of drug-likeness (QED) is 0.747. The van der Waals surface area contributed by atoms with Gasteiger partial charge in [-0.25, -0.2) is 14.8 Å². The predicted molar refractivity (Wildman–Crippen MR) is 115 cm³/mol. The molecule has 160 valence electrons. The van der Waals surface area contributed by atoms with Crippen molar-refractivity contribution in [2.24, 2.45) is 17.8 Å². The fourth-order valence-electron chi connectivity index (χ4n) is 4.83. The molecule has 1 aromatic heterocycles. The van der Waals surface area contributed by atoms with Crippen LogP contribution in [0.2, 0.25) is 0 Å². The van der Waals surface area contributed by atoms with Gasteiger partial charge in [-0.15, -0.1) is 0 Å². The summed E-state index contributed by atoms with van der Waals surface area (Å²) in [6.07, 6.45) is 0.205. The Morgan fingerprint density at radius 1 is 1.17 bits per heavy atom. The summed E-state index contributed by atoms with van der Waals surface area (Å²) in [4.78, 5) is 36.3. The second-order valence-electron chi connectivity index (χ2n) is 9.94. The van der Waals surface area contributed by atoms with Crippen molar-refractivity contribution < 1.29 is 14.3 Å². The molecule has 0 radical (unpaired) electrons. The van der Waals surface area contributed by atoms with Gasteiger partial charge in [0.05, 0.1) is 11.2 Å². The number of nitrogens with zero attached hydrogens (tertiary/aromatic N) is 3. The molecule has 2 aliphatic rings. The van der Waals surface area contributed by atoms with Crippen LogP contribution < -0.4 is 0 Å². The van der Waals surface area contributed by atoms with Crippen LogP contribution in [0.4, 0.5) is 4.79 Å². The summed E-state index contributed by atoms with van der Waals surface area (Å²) in [5, 5.41) is 1.04. The first-order valence-electron chi connectivity index (χ1n) is 10.8. The Balaban J connectivity index is 1.41. The molecular weight excluding hydrogens is 378 g/mol. The molecule has 6 heteroatoms. The number of amides is 1. The largest absolute Gasteiger partial charge is 0.444 e. The number of benzene rings is 1. The number of aromatic nitrogens is 2. The van der Waals surface area contributed by atoms with E-state index in [1.54, 1.807) is 4.90 Å². The van der Waals surface area contributed by atoms with Gasteiger partial charge in [0.1, 0.15) is 17.2 Å². The normalized spacial score (nSPS) is 23.9. The van der Waals surface area contributed by atoms with Crippen LogP contribution in [0, 0.1) is 31.6 Å². The van der Waals surface area contributed by atoms with Gasteiger partial charge in [-0.3, -0.25) is 4.79 Å². The Morgan fingerprint density at radius 2 is 1.83 bits per heavy atom. The number of fused-ring (bicyclic) bond motifs is 2. The lowest BCUT2D eigenvalue weighted by Crippen LogP contribution is -2.37. The summed E-state index contributed by atoms with van der Waals surface area (Å²) in [6.45, 7) is 12.9. The lowest BCUT2D eigenvalue weighted by Gasteiger charge is -2.26. The smallest absolute Gasteiger partial charge is 0.410 e. The highest BCUT2D eigenvalue weighted by molar-refractivity contribution is 5.88. The van der Waals surface area contributed by atoms with E-state index >= 15 is 0 Å². The van der Waals surface area contributed by atoms with Crippen molar-refractivity contribution in [1.82, 2.24) is 14.9 Å². The third-order valence-electron chi connectivity index (χ3n) is 6.26. The number of carbonyl (C=O) groups excluding carboxylic acids is 2. The Bertz CT molecular complexity index is 999. The summed E-state index contributed by atoms with van der Waals surface area (Å²) in [5.74, 6) is 1.70. The number of ketones is 1. The summed E-state index contributed by atoms with van der Waals surface area (Å²) in [7, 11) is 0. The second kappa shape index (κ2) is 7.33. The minimum absolute atomic E-state index is 0.0341. The molecule has 4 atom stereocenters. The monoisotopic (exact) mass is 409 g/mol. The Labute approximate surface area is 178 Å². The van der Waals surface area contributed by atoms with Gasteiger partial charge in [0.2, 0.25) is 0 Å².